The van der Waals surface area contributed by atoms with Crippen molar-refractivity contribution in [2.75, 3.05) is 5.73 Å². The summed E-state index contributed by atoms with van der Waals surface area (Å²) in [4.78, 5) is 11.1. The van der Waals surface area contributed by atoms with Crippen molar-refractivity contribution in [2.24, 2.45) is 0 Å². The van der Waals surface area contributed by atoms with Crippen LogP contribution in [0.3, 0.4) is 0 Å². The number of nitriles is 1. The van der Waals surface area contributed by atoms with Gasteiger partial charge in [-0.05, 0) is 29.8 Å². The maximum Gasteiger partial charge on any atom is 0.341 e. The number of nitrogens with zero attached hydrogens (tertiary/aromatic N) is 1. The monoisotopic (exact) mass is 286 g/mol. The van der Waals surface area contributed by atoms with Gasteiger partial charge in [0.15, 0.2) is 0 Å². The Morgan fingerprint density at radius 2 is 2.14 bits per heavy atom. The number of aromatic carboxylic acids is 1. The standard InChI is InChI=1S/C15H11FN2O3/c16-11-5-4-9(6-10(11)7-17)8-21-13-3-1-2-12(18)14(13)15(19)20/h1-6H,8,18H2,(H,19,20). The Morgan fingerprint density at radius 3 is 2.81 bits per heavy atom. The highest BCUT2D eigenvalue weighted by Crippen LogP contribution is 2.25. The lowest BCUT2D eigenvalue weighted by atomic mass is 10.1. The third-order valence-corrected chi connectivity index (χ3v) is 2.82. The van der Waals surface area contributed by atoms with Crippen LogP contribution in [0.25, 0.3) is 0 Å². The number of carboxylic acids is 1. The first-order valence-corrected chi connectivity index (χ1v) is 5.96. The predicted molar refractivity (Wildman–Crippen MR) is 73.3 cm³/mol. The average molecular weight is 286 g/mol. The number of rotatable bonds is 4. The van der Waals surface area contributed by atoms with Gasteiger partial charge in [0.05, 0.1) is 5.56 Å². The second-order valence-corrected chi connectivity index (χ2v) is 4.24. The molecule has 0 saturated heterocycles. The summed E-state index contributed by atoms with van der Waals surface area (Å²) in [6.07, 6.45) is 0. The first kappa shape index (κ1) is 14.3. The van der Waals surface area contributed by atoms with Crippen LogP contribution in [-0.2, 0) is 6.61 Å². The van der Waals surface area contributed by atoms with Crippen molar-refractivity contribution in [2.45, 2.75) is 6.61 Å². The molecule has 0 bridgehead atoms. The summed E-state index contributed by atoms with van der Waals surface area (Å²) < 4.78 is 18.6. The number of anilines is 1. The lowest BCUT2D eigenvalue weighted by Crippen LogP contribution is -2.07. The fourth-order valence-corrected chi connectivity index (χ4v) is 1.81. The molecule has 0 unspecified atom stereocenters. The normalized spacial score (nSPS) is 9.90. The molecular weight excluding hydrogens is 275 g/mol. The molecule has 0 heterocycles. The van der Waals surface area contributed by atoms with Crippen molar-refractivity contribution in [3.63, 3.8) is 0 Å². The van der Waals surface area contributed by atoms with Gasteiger partial charge in [-0.2, -0.15) is 5.26 Å². The zero-order valence-electron chi connectivity index (χ0n) is 10.8. The van der Waals surface area contributed by atoms with Gasteiger partial charge in [-0.1, -0.05) is 12.1 Å². The molecule has 2 aromatic carbocycles. The Bertz CT molecular complexity index is 738. The summed E-state index contributed by atoms with van der Waals surface area (Å²) in [6.45, 7) is -0.00130. The molecule has 0 radical (unpaired) electrons. The van der Waals surface area contributed by atoms with Crippen LogP contribution in [0.2, 0.25) is 0 Å². The number of ether oxygens (including phenoxy) is 1. The third kappa shape index (κ3) is 3.09. The second-order valence-electron chi connectivity index (χ2n) is 4.24. The molecule has 3 N–H and O–H groups in total. The van der Waals surface area contributed by atoms with E-state index in [1.54, 1.807) is 12.1 Å². The summed E-state index contributed by atoms with van der Waals surface area (Å²) in [5, 5.41) is 17.9. The van der Waals surface area contributed by atoms with Crippen molar-refractivity contribution in [3.05, 3.63) is 58.9 Å². The zero-order valence-corrected chi connectivity index (χ0v) is 10.8. The average Bonchev–Trinajstić information content (AvgIpc) is 2.46. The largest absolute Gasteiger partial charge is 0.488 e. The molecule has 106 valence electrons. The predicted octanol–water partition coefficient (Wildman–Crippen LogP) is 2.56. The van der Waals surface area contributed by atoms with Crippen LogP contribution < -0.4 is 10.5 Å². The van der Waals surface area contributed by atoms with Gasteiger partial charge in [0.25, 0.3) is 0 Å². The lowest BCUT2D eigenvalue weighted by molar-refractivity contribution is 0.0693. The highest BCUT2D eigenvalue weighted by Gasteiger charge is 2.15. The minimum atomic E-state index is -1.19. The molecular formula is C15H11FN2O3. The zero-order chi connectivity index (χ0) is 15.4. The SMILES string of the molecule is N#Cc1cc(COc2cccc(N)c2C(=O)O)ccc1F. The Kier molecular flexibility index (Phi) is 4.05. The quantitative estimate of drug-likeness (QED) is 0.842. The summed E-state index contributed by atoms with van der Waals surface area (Å²) in [5.41, 5.74) is 6.03. The van der Waals surface area contributed by atoms with Gasteiger partial charge >= 0.3 is 5.97 Å². The third-order valence-electron chi connectivity index (χ3n) is 2.82. The van der Waals surface area contributed by atoms with Gasteiger partial charge in [-0.15, -0.1) is 0 Å². The number of benzene rings is 2. The van der Waals surface area contributed by atoms with E-state index in [1.807, 2.05) is 0 Å². The molecule has 2 aromatic rings. The lowest BCUT2D eigenvalue weighted by Gasteiger charge is -2.11. The first-order valence-electron chi connectivity index (χ1n) is 5.96. The van der Waals surface area contributed by atoms with E-state index in [2.05, 4.69) is 0 Å². The Labute approximate surface area is 120 Å². The van der Waals surface area contributed by atoms with Gasteiger partial charge in [-0.25, -0.2) is 9.18 Å². The smallest absolute Gasteiger partial charge is 0.341 e. The van der Waals surface area contributed by atoms with Crippen molar-refractivity contribution in [3.8, 4) is 11.8 Å². The summed E-state index contributed by atoms with van der Waals surface area (Å²) in [6, 6.07) is 10.2. The fraction of sp³-hybridized carbons (Fsp3) is 0.0667. The van der Waals surface area contributed by atoms with E-state index < -0.39 is 11.8 Å². The van der Waals surface area contributed by atoms with Crippen LogP contribution in [0.4, 0.5) is 10.1 Å². The van der Waals surface area contributed by atoms with Crippen LogP contribution in [0.5, 0.6) is 5.75 Å². The van der Waals surface area contributed by atoms with E-state index in [0.717, 1.165) is 6.07 Å². The second kappa shape index (κ2) is 5.92. The van der Waals surface area contributed by atoms with Crippen LogP contribution in [0.1, 0.15) is 21.5 Å². The summed E-state index contributed by atoms with van der Waals surface area (Å²) >= 11 is 0. The molecule has 5 nitrogen and oxygen atoms in total. The first-order chi connectivity index (χ1) is 10.0. The van der Waals surface area contributed by atoms with E-state index >= 15 is 0 Å². The van der Waals surface area contributed by atoms with Crippen LogP contribution in [0.15, 0.2) is 36.4 Å². The number of nitrogen functional groups attached to an aromatic ring is 1. The molecule has 6 heteroatoms. The fourth-order valence-electron chi connectivity index (χ4n) is 1.81. The maximum atomic E-state index is 13.2. The molecule has 21 heavy (non-hydrogen) atoms. The molecule has 0 aliphatic heterocycles. The minimum Gasteiger partial charge on any atom is -0.488 e. The number of carbonyl (C=O) groups is 1. The van der Waals surface area contributed by atoms with Crippen LogP contribution >= 0.6 is 0 Å². The van der Waals surface area contributed by atoms with Gasteiger partial charge in [0.1, 0.15) is 29.8 Å². The molecule has 0 aliphatic carbocycles. The molecule has 0 atom stereocenters. The number of hydrogen-bond acceptors (Lipinski definition) is 4. The van der Waals surface area contributed by atoms with Gasteiger partial charge < -0.3 is 15.6 Å². The van der Waals surface area contributed by atoms with E-state index in [4.69, 9.17) is 20.8 Å². The number of carboxylic acid groups (broad SMARTS) is 1. The van der Waals surface area contributed by atoms with Gasteiger partial charge in [0.2, 0.25) is 0 Å². The topological polar surface area (TPSA) is 96.3 Å². The van der Waals surface area contributed by atoms with E-state index in [1.165, 1.54) is 24.3 Å². The Balaban J connectivity index is 2.23. The van der Waals surface area contributed by atoms with E-state index in [0.29, 0.717) is 5.56 Å². The molecule has 0 spiro atoms. The van der Waals surface area contributed by atoms with E-state index in [-0.39, 0.29) is 29.2 Å². The maximum absolute atomic E-state index is 13.2. The van der Waals surface area contributed by atoms with Crippen LogP contribution in [-0.4, -0.2) is 11.1 Å². The molecule has 0 aromatic heterocycles. The number of halogens is 1. The van der Waals surface area contributed by atoms with Gasteiger partial charge in [0, 0.05) is 5.69 Å². The Morgan fingerprint density at radius 1 is 1.38 bits per heavy atom. The summed E-state index contributed by atoms with van der Waals surface area (Å²) in [7, 11) is 0. The molecule has 0 aliphatic rings. The van der Waals surface area contributed by atoms with Crippen molar-refractivity contribution >= 4 is 11.7 Å². The number of hydrogen-bond donors (Lipinski definition) is 2. The van der Waals surface area contributed by atoms with Crippen molar-refractivity contribution in [1.29, 1.82) is 5.26 Å². The number of nitrogens with two attached hydrogens (primary N) is 1. The highest BCUT2D eigenvalue weighted by atomic mass is 19.1. The molecule has 2 rings (SSSR count). The molecule has 0 fully saturated rings. The highest BCUT2D eigenvalue weighted by molar-refractivity contribution is 5.96. The van der Waals surface area contributed by atoms with Crippen molar-refractivity contribution < 1.29 is 19.0 Å². The summed E-state index contributed by atoms with van der Waals surface area (Å²) in [5.74, 6) is -1.69. The van der Waals surface area contributed by atoms with Crippen LogP contribution in [0, 0.1) is 17.1 Å². The van der Waals surface area contributed by atoms with Gasteiger partial charge in [-0.3, -0.25) is 0 Å². The van der Waals surface area contributed by atoms with E-state index in [9.17, 15) is 9.18 Å². The Hall–Kier alpha value is -3.07. The van der Waals surface area contributed by atoms with Crippen molar-refractivity contribution in [1.82, 2.24) is 0 Å². The molecule has 0 amide bonds. The minimum absolute atomic E-state index is 0.00130. The molecule has 0 saturated carbocycles.